The molecule has 1 aliphatic carbocycles. The van der Waals surface area contributed by atoms with Crippen LogP contribution in [0.4, 0.5) is 5.82 Å². The van der Waals surface area contributed by atoms with E-state index in [1.54, 1.807) is 13.3 Å². The van der Waals surface area contributed by atoms with Crippen LogP contribution in [0.2, 0.25) is 5.02 Å². The van der Waals surface area contributed by atoms with Crippen molar-refractivity contribution in [2.45, 2.75) is 67.6 Å². The average Bonchev–Trinajstić information content (AvgIpc) is 3.75. The van der Waals surface area contributed by atoms with E-state index in [9.17, 15) is 9.59 Å². The first kappa shape index (κ1) is 34.4. The summed E-state index contributed by atoms with van der Waals surface area (Å²) in [5.41, 5.74) is 3.70. The van der Waals surface area contributed by atoms with Crippen LogP contribution in [0.15, 0.2) is 60.8 Å². The second-order valence-corrected chi connectivity index (χ2v) is 14.3. The Labute approximate surface area is 302 Å². The predicted octanol–water partition coefficient (Wildman–Crippen LogP) is 4.20. The zero-order chi connectivity index (χ0) is 34.8. The molecule has 7 rings (SSSR count). The van der Waals surface area contributed by atoms with Gasteiger partial charge < -0.3 is 30.9 Å². The molecule has 2 unspecified atom stereocenters. The minimum Gasteiger partial charge on any atom is -0.480 e. The zero-order valence-corrected chi connectivity index (χ0v) is 29.7. The number of pyridine rings is 1. The third-order valence-corrected chi connectivity index (χ3v) is 11.1. The topological polar surface area (TPSA) is 133 Å². The lowest BCUT2D eigenvalue weighted by Crippen LogP contribution is -2.42. The second-order valence-electron chi connectivity index (χ2n) is 13.4. The van der Waals surface area contributed by atoms with Gasteiger partial charge in [0.2, 0.25) is 17.7 Å². The number of halogens is 2. The fourth-order valence-electron chi connectivity index (χ4n) is 7.46. The lowest BCUT2D eigenvalue weighted by atomic mass is 9.71. The van der Waals surface area contributed by atoms with Crippen LogP contribution in [-0.2, 0) is 21.5 Å². The van der Waals surface area contributed by atoms with Crippen LogP contribution in [0.5, 0.6) is 5.88 Å². The van der Waals surface area contributed by atoms with Crippen LogP contribution in [0.3, 0.4) is 0 Å². The largest absolute Gasteiger partial charge is 0.480 e. The quantitative estimate of drug-likeness (QED) is 0.216. The normalized spacial score (nSPS) is 26.0. The van der Waals surface area contributed by atoms with E-state index in [1.165, 1.54) is 0 Å². The van der Waals surface area contributed by atoms with Crippen molar-refractivity contribution < 1.29 is 14.3 Å². The molecule has 2 amide bonds. The highest BCUT2D eigenvalue weighted by Crippen LogP contribution is 2.48. The summed E-state index contributed by atoms with van der Waals surface area (Å²) in [7, 11) is 3.64. The van der Waals surface area contributed by atoms with E-state index in [-0.39, 0.29) is 29.9 Å². The van der Waals surface area contributed by atoms with Crippen molar-refractivity contribution in [3.8, 4) is 5.88 Å². The molecular weight excluding hydrogens is 675 g/mol. The van der Waals surface area contributed by atoms with E-state index in [4.69, 9.17) is 42.9 Å². The van der Waals surface area contributed by atoms with E-state index in [0.717, 1.165) is 54.0 Å². The summed E-state index contributed by atoms with van der Waals surface area (Å²) in [6.07, 6.45) is 11.5. The van der Waals surface area contributed by atoms with Crippen molar-refractivity contribution in [1.29, 1.82) is 0 Å². The maximum absolute atomic E-state index is 11.8. The molecule has 0 saturated carbocycles. The summed E-state index contributed by atoms with van der Waals surface area (Å²) in [6, 6.07) is 12.2. The van der Waals surface area contributed by atoms with Crippen LogP contribution in [0.1, 0.15) is 66.4 Å². The minimum absolute atomic E-state index is 0.0815. The lowest BCUT2D eigenvalue weighted by molar-refractivity contribution is -0.120. The standard InChI is InChI=1S/C37H42Cl2N8O3/c1-47-17-15-28(41-19-23-10-14-33(49)44-23)26-11-12-30(45-35(26)47)37(16-5-7-25(34(37)39)24-6-3-4-8-27(24)38)31-21-42-29(36(46-31)50-2)20-40-18-22-9-13-32(48)43-22/h3-8,11-12,16,21-23,28,34,40-41H,9-10,13-15,17-20H2,1-2H3,(H,43,48)(H,44,49)/t22-,23+,28+,34?,37?/m0/s1. The van der Waals surface area contributed by atoms with Gasteiger partial charge in [-0.15, -0.1) is 11.6 Å². The van der Waals surface area contributed by atoms with Crippen LogP contribution in [0, 0.1) is 0 Å². The molecular formula is C37H42Cl2N8O3. The Hall–Kier alpha value is -4.03. The number of nitrogens with one attached hydrogen (secondary N) is 4. The van der Waals surface area contributed by atoms with Gasteiger partial charge in [-0.25, -0.2) is 9.97 Å². The van der Waals surface area contributed by atoms with E-state index in [1.807, 2.05) is 48.6 Å². The van der Waals surface area contributed by atoms with Gasteiger partial charge >= 0.3 is 0 Å². The Bertz CT molecular complexity index is 1840. The molecule has 0 radical (unpaired) electrons. The van der Waals surface area contributed by atoms with Gasteiger partial charge in [0.05, 0.1) is 35.5 Å². The molecule has 262 valence electrons. The summed E-state index contributed by atoms with van der Waals surface area (Å²) in [5.74, 6) is 1.45. The molecule has 3 aliphatic heterocycles. The smallest absolute Gasteiger partial charge is 0.237 e. The highest BCUT2D eigenvalue weighted by Gasteiger charge is 2.47. The molecule has 3 aromatic rings. The Morgan fingerprint density at radius 2 is 1.76 bits per heavy atom. The molecule has 2 fully saturated rings. The Balaban J connectivity index is 1.25. The Morgan fingerprint density at radius 3 is 2.48 bits per heavy atom. The number of carbonyl (C=O) groups is 2. The molecule has 5 atom stereocenters. The van der Waals surface area contributed by atoms with Gasteiger partial charge in [0.25, 0.3) is 0 Å². The summed E-state index contributed by atoms with van der Waals surface area (Å²) in [6.45, 7) is 2.56. The monoisotopic (exact) mass is 716 g/mol. The van der Waals surface area contributed by atoms with E-state index in [0.29, 0.717) is 54.8 Å². The first-order valence-electron chi connectivity index (χ1n) is 17.2. The molecule has 4 aliphatic rings. The number of aromatic nitrogens is 3. The van der Waals surface area contributed by atoms with Gasteiger partial charge in [-0.1, -0.05) is 54.1 Å². The van der Waals surface area contributed by atoms with Gasteiger partial charge in [-0.05, 0) is 42.5 Å². The molecule has 5 heterocycles. The number of hydrogen-bond acceptors (Lipinski definition) is 9. The van der Waals surface area contributed by atoms with Crippen LogP contribution in [0.25, 0.3) is 5.57 Å². The van der Waals surface area contributed by atoms with Crippen LogP contribution < -0.4 is 30.9 Å². The Kier molecular flexibility index (Phi) is 10.1. The van der Waals surface area contributed by atoms with E-state index in [2.05, 4.69) is 39.3 Å². The number of allylic oxidation sites excluding steroid dienone is 4. The van der Waals surface area contributed by atoms with Gasteiger partial charge in [-0.2, -0.15) is 0 Å². The average molecular weight is 718 g/mol. The molecule has 0 spiro atoms. The summed E-state index contributed by atoms with van der Waals surface area (Å²) in [5, 5.41) is 13.1. The number of amides is 2. The number of benzene rings is 1. The molecule has 50 heavy (non-hydrogen) atoms. The summed E-state index contributed by atoms with van der Waals surface area (Å²) >= 11 is 14.4. The highest BCUT2D eigenvalue weighted by atomic mass is 35.5. The van der Waals surface area contributed by atoms with Crippen molar-refractivity contribution in [3.63, 3.8) is 0 Å². The van der Waals surface area contributed by atoms with Gasteiger partial charge in [0.1, 0.15) is 11.5 Å². The van der Waals surface area contributed by atoms with Crippen molar-refractivity contribution in [1.82, 2.24) is 36.2 Å². The summed E-state index contributed by atoms with van der Waals surface area (Å²) < 4.78 is 5.81. The maximum Gasteiger partial charge on any atom is 0.237 e. The van der Waals surface area contributed by atoms with Crippen molar-refractivity contribution in [2.75, 3.05) is 38.7 Å². The van der Waals surface area contributed by atoms with Gasteiger partial charge in [0, 0.05) is 74.8 Å². The highest BCUT2D eigenvalue weighted by molar-refractivity contribution is 6.34. The fourth-order valence-corrected chi connectivity index (χ4v) is 8.19. The molecule has 13 heteroatoms. The van der Waals surface area contributed by atoms with E-state index < -0.39 is 10.8 Å². The fraction of sp³-hybridized carbons (Fsp3) is 0.432. The first-order valence-corrected chi connectivity index (χ1v) is 18.0. The molecule has 11 nitrogen and oxygen atoms in total. The lowest BCUT2D eigenvalue weighted by Gasteiger charge is -2.40. The first-order chi connectivity index (χ1) is 24.3. The van der Waals surface area contributed by atoms with Crippen LogP contribution in [-0.4, -0.2) is 78.0 Å². The SMILES string of the molecule is COc1nc(C2(c3ccc4c(n3)N(C)CC[C@H]4NC[C@H]3CCC(=O)N3)C=CC=C(c3ccccc3Cl)C2Cl)cnc1CNC[C@@H]1CCC(=O)N1. The number of hydrogen-bond donors (Lipinski definition) is 4. The number of methoxy groups -OCH3 is 1. The van der Waals surface area contributed by atoms with Gasteiger partial charge in [-0.3, -0.25) is 14.6 Å². The Morgan fingerprint density at radius 1 is 1.00 bits per heavy atom. The van der Waals surface area contributed by atoms with Crippen LogP contribution >= 0.6 is 23.2 Å². The van der Waals surface area contributed by atoms with Gasteiger partial charge in [0.15, 0.2) is 0 Å². The number of fused-ring (bicyclic) bond motifs is 1. The second kappa shape index (κ2) is 14.7. The molecule has 2 saturated heterocycles. The number of alkyl halides is 1. The molecule has 0 bridgehead atoms. The molecule has 1 aromatic carbocycles. The number of ether oxygens (including phenoxy) is 1. The third-order valence-electron chi connectivity index (χ3n) is 10.2. The van der Waals surface area contributed by atoms with Crippen molar-refractivity contribution >= 4 is 46.4 Å². The predicted molar refractivity (Wildman–Crippen MR) is 194 cm³/mol. The van der Waals surface area contributed by atoms with Crippen molar-refractivity contribution in [2.24, 2.45) is 0 Å². The van der Waals surface area contributed by atoms with Crippen molar-refractivity contribution in [3.05, 3.63) is 94.1 Å². The zero-order valence-electron chi connectivity index (χ0n) is 28.2. The maximum atomic E-state index is 11.8. The number of nitrogens with zero attached hydrogens (tertiary/aromatic N) is 4. The summed E-state index contributed by atoms with van der Waals surface area (Å²) in [4.78, 5) is 40.9. The number of rotatable bonds is 11. The third kappa shape index (κ3) is 6.71. The molecule has 2 aromatic heterocycles. The number of carbonyl (C=O) groups excluding carboxylic acids is 2. The molecule has 4 N–H and O–H groups in total. The minimum atomic E-state index is -1.03. The van der Waals surface area contributed by atoms with E-state index >= 15 is 0 Å². The number of anilines is 1.